The summed E-state index contributed by atoms with van der Waals surface area (Å²) in [6.45, 7) is 11.7. The van der Waals surface area contributed by atoms with E-state index in [4.69, 9.17) is 9.26 Å². The van der Waals surface area contributed by atoms with E-state index in [1.807, 2.05) is 32.9 Å². The van der Waals surface area contributed by atoms with Gasteiger partial charge in [0.1, 0.15) is 5.60 Å². The second-order valence-corrected chi connectivity index (χ2v) is 10.0. The molecule has 2 heterocycles. The highest BCUT2D eigenvalue weighted by Gasteiger charge is 2.27. The van der Waals surface area contributed by atoms with Crippen molar-refractivity contribution in [1.82, 2.24) is 20.4 Å². The van der Waals surface area contributed by atoms with E-state index in [2.05, 4.69) is 41.4 Å². The molecule has 1 atom stereocenters. The number of nitrogens with zero attached hydrogens (tertiary/aromatic N) is 3. The second-order valence-electron chi connectivity index (χ2n) is 10.0. The van der Waals surface area contributed by atoms with Gasteiger partial charge in [-0.3, -0.25) is 4.79 Å². The van der Waals surface area contributed by atoms with Crippen LogP contribution in [0.3, 0.4) is 0 Å². The standard InChI is InChI=1S/C25H36N4O4/c1-17(2)19-8-10-20(11-9-19)23-27-22(33-28-23)13-12-21(30)26-15-18-7-6-14-29(16-18)24(31)32-25(3,4)5/h8-11,17-18H,6-7,12-16H2,1-5H3,(H,26,30). The van der Waals surface area contributed by atoms with Crippen LogP contribution in [-0.4, -0.2) is 52.3 Å². The number of ether oxygens (including phenoxy) is 1. The van der Waals surface area contributed by atoms with Crippen LogP contribution >= 0.6 is 0 Å². The first-order chi connectivity index (χ1) is 15.6. The van der Waals surface area contributed by atoms with Crippen molar-refractivity contribution in [2.75, 3.05) is 19.6 Å². The molecule has 2 aromatic rings. The summed E-state index contributed by atoms with van der Waals surface area (Å²) in [5, 5.41) is 7.02. The number of carbonyl (C=O) groups is 2. The summed E-state index contributed by atoms with van der Waals surface area (Å²) in [5.41, 5.74) is 1.64. The van der Waals surface area contributed by atoms with E-state index in [-0.39, 0.29) is 24.3 Å². The van der Waals surface area contributed by atoms with E-state index in [1.165, 1.54) is 5.56 Å². The molecule has 33 heavy (non-hydrogen) atoms. The van der Waals surface area contributed by atoms with Crippen LogP contribution in [0.4, 0.5) is 4.79 Å². The molecule has 2 amide bonds. The van der Waals surface area contributed by atoms with Gasteiger partial charge in [-0.05, 0) is 51.0 Å². The molecule has 180 valence electrons. The zero-order valence-electron chi connectivity index (χ0n) is 20.4. The Kier molecular flexibility index (Phi) is 8.10. The summed E-state index contributed by atoms with van der Waals surface area (Å²) in [6, 6.07) is 8.11. The van der Waals surface area contributed by atoms with E-state index < -0.39 is 5.60 Å². The molecular formula is C25H36N4O4. The molecule has 1 aliphatic heterocycles. The minimum Gasteiger partial charge on any atom is -0.444 e. The first-order valence-corrected chi connectivity index (χ1v) is 11.8. The van der Waals surface area contributed by atoms with Gasteiger partial charge in [0.25, 0.3) is 0 Å². The number of aryl methyl sites for hydroxylation is 1. The Morgan fingerprint density at radius 2 is 1.97 bits per heavy atom. The zero-order chi connectivity index (χ0) is 24.0. The summed E-state index contributed by atoms with van der Waals surface area (Å²) < 4.78 is 10.8. The molecule has 0 radical (unpaired) electrons. The van der Waals surface area contributed by atoms with Gasteiger partial charge >= 0.3 is 6.09 Å². The molecule has 1 aromatic heterocycles. The van der Waals surface area contributed by atoms with Crippen molar-refractivity contribution in [2.45, 2.75) is 71.8 Å². The monoisotopic (exact) mass is 456 g/mol. The predicted octanol–water partition coefficient (Wildman–Crippen LogP) is 4.56. The van der Waals surface area contributed by atoms with Crippen LogP contribution in [0.1, 0.15) is 71.3 Å². The molecule has 1 unspecified atom stereocenters. The minimum atomic E-state index is -0.510. The van der Waals surface area contributed by atoms with Crippen LogP contribution in [0, 0.1) is 5.92 Å². The number of nitrogens with one attached hydrogen (secondary N) is 1. The maximum Gasteiger partial charge on any atom is 0.410 e. The van der Waals surface area contributed by atoms with Crippen molar-refractivity contribution in [3.05, 3.63) is 35.7 Å². The average molecular weight is 457 g/mol. The van der Waals surface area contributed by atoms with Gasteiger partial charge in [-0.25, -0.2) is 4.79 Å². The molecule has 1 saturated heterocycles. The van der Waals surface area contributed by atoms with Gasteiger partial charge in [-0.1, -0.05) is 43.3 Å². The highest BCUT2D eigenvalue weighted by Crippen LogP contribution is 2.21. The SMILES string of the molecule is CC(C)c1ccc(-c2noc(CCC(=O)NCC3CCCN(C(=O)OC(C)(C)C)C3)n2)cc1. The van der Waals surface area contributed by atoms with Crippen LogP contribution in [0.2, 0.25) is 0 Å². The van der Waals surface area contributed by atoms with Gasteiger partial charge in [0, 0.05) is 38.0 Å². The topological polar surface area (TPSA) is 97.6 Å². The molecular weight excluding hydrogens is 420 g/mol. The maximum atomic E-state index is 12.3. The molecule has 0 bridgehead atoms. The molecule has 1 fully saturated rings. The Labute approximate surface area is 196 Å². The number of amides is 2. The lowest BCUT2D eigenvalue weighted by Gasteiger charge is -2.34. The van der Waals surface area contributed by atoms with Gasteiger partial charge in [-0.2, -0.15) is 4.98 Å². The normalized spacial score (nSPS) is 16.7. The van der Waals surface area contributed by atoms with Crippen LogP contribution < -0.4 is 5.32 Å². The lowest BCUT2D eigenvalue weighted by atomic mass is 9.98. The number of hydrogen-bond acceptors (Lipinski definition) is 6. The van der Waals surface area contributed by atoms with E-state index in [0.717, 1.165) is 18.4 Å². The molecule has 8 nitrogen and oxygen atoms in total. The fraction of sp³-hybridized carbons (Fsp3) is 0.600. The molecule has 0 aliphatic carbocycles. The Morgan fingerprint density at radius 1 is 1.24 bits per heavy atom. The quantitative estimate of drug-likeness (QED) is 0.656. The second kappa shape index (κ2) is 10.8. The van der Waals surface area contributed by atoms with E-state index in [9.17, 15) is 9.59 Å². The third-order valence-corrected chi connectivity index (χ3v) is 5.63. The van der Waals surface area contributed by atoms with Crippen molar-refractivity contribution < 1.29 is 18.8 Å². The van der Waals surface area contributed by atoms with Crippen LogP contribution in [0.15, 0.2) is 28.8 Å². The first-order valence-electron chi connectivity index (χ1n) is 11.8. The molecule has 8 heteroatoms. The van der Waals surface area contributed by atoms with Gasteiger partial charge in [-0.15, -0.1) is 0 Å². The fourth-order valence-electron chi connectivity index (χ4n) is 3.78. The summed E-state index contributed by atoms with van der Waals surface area (Å²) in [6.07, 6.45) is 2.25. The number of piperidine rings is 1. The summed E-state index contributed by atoms with van der Waals surface area (Å²) in [4.78, 5) is 30.8. The fourth-order valence-corrected chi connectivity index (χ4v) is 3.78. The Balaban J connectivity index is 1.42. The van der Waals surface area contributed by atoms with Crippen molar-refractivity contribution in [3.8, 4) is 11.4 Å². The van der Waals surface area contributed by atoms with Gasteiger partial charge in [0.15, 0.2) is 0 Å². The molecule has 0 spiro atoms. The largest absolute Gasteiger partial charge is 0.444 e. The third kappa shape index (κ3) is 7.58. The number of aromatic nitrogens is 2. The number of hydrogen-bond donors (Lipinski definition) is 1. The average Bonchev–Trinajstić information content (AvgIpc) is 3.24. The number of benzene rings is 1. The number of rotatable bonds is 7. The lowest BCUT2D eigenvalue weighted by molar-refractivity contribution is -0.121. The van der Waals surface area contributed by atoms with E-state index in [1.54, 1.807) is 4.90 Å². The first kappa shape index (κ1) is 24.7. The van der Waals surface area contributed by atoms with Crippen molar-refractivity contribution >= 4 is 12.0 Å². The van der Waals surface area contributed by atoms with Crippen molar-refractivity contribution in [1.29, 1.82) is 0 Å². The minimum absolute atomic E-state index is 0.0644. The van der Waals surface area contributed by atoms with Crippen molar-refractivity contribution in [3.63, 3.8) is 0 Å². The van der Waals surface area contributed by atoms with Gasteiger partial charge < -0.3 is 19.5 Å². The summed E-state index contributed by atoms with van der Waals surface area (Å²) in [7, 11) is 0. The molecule has 3 rings (SSSR count). The zero-order valence-corrected chi connectivity index (χ0v) is 20.4. The highest BCUT2D eigenvalue weighted by molar-refractivity contribution is 5.76. The Bertz CT molecular complexity index is 931. The highest BCUT2D eigenvalue weighted by atomic mass is 16.6. The van der Waals surface area contributed by atoms with Crippen LogP contribution in [0.25, 0.3) is 11.4 Å². The number of likely N-dealkylation sites (tertiary alicyclic amines) is 1. The summed E-state index contributed by atoms with van der Waals surface area (Å²) >= 11 is 0. The maximum absolute atomic E-state index is 12.3. The molecule has 1 aliphatic rings. The van der Waals surface area contributed by atoms with E-state index in [0.29, 0.717) is 43.7 Å². The van der Waals surface area contributed by atoms with Crippen molar-refractivity contribution in [2.24, 2.45) is 5.92 Å². The Morgan fingerprint density at radius 3 is 2.64 bits per heavy atom. The van der Waals surface area contributed by atoms with Gasteiger partial charge in [0.05, 0.1) is 0 Å². The smallest absolute Gasteiger partial charge is 0.410 e. The lowest BCUT2D eigenvalue weighted by Crippen LogP contribution is -2.45. The molecule has 0 saturated carbocycles. The van der Waals surface area contributed by atoms with Crippen LogP contribution in [0.5, 0.6) is 0 Å². The number of carbonyl (C=O) groups excluding carboxylic acids is 2. The summed E-state index contributed by atoms with van der Waals surface area (Å²) in [5.74, 6) is 1.60. The predicted molar refractivity (Wildman–Crippen MR) is 126 cm³/mol. The molecule has 1 aromatic carbocycles. The molecule has 1 N–H and O–H groups in total. The van der Waals surface area contributed by atoms with E-state index >= 15 is 0 Å². The third-order valence-electron chi connectivity index (χ3n) is 5.63. The van der Waals surface area contributed by atoms with Crippen LogP contribution in [-0.2, 0) is 16.0 Å². The Hall–Kier alpha value is -2.90. The van der Waals surface area contributed by atoms with Gasteiger partial charge in [0.2, 0.25) is 17.6 Å².